The number of carbonyl (C=O) groups excluding carboxylic acids is 1. The molecule has 2 N–H and O–H groups in total. The third kappa shape index (κ3) is 22.5. The fraction of sp³-hybridized carbons (Fsp3) is 0.667. The summed E-state index contributed by atoms with van der Waals surface area (Å²) in [4.78, 5) is 18.7. The first-order valence-corrected chi connectivity index (χ1v) is 3.02. The van der Waals surface area contributed by atoms with E-state index in [9.17, 15) is 14.7 Å². The number of carboxylic acids is 2. The van der Waals surface area contributed by atoms with Crippen LogP contribution in [0, 0.1) is 0 Å². The third-order valence-electron chi connectivity index (χ3n) is 0.646. The largest absolute Gasteiger partial charge is 1.00 e. The predicted molar refractivity (Wildman–Crippen MR) is 34.6 cm³/mol. The van der Waals surface area contributed by atoms with Crippen LogP contribution in [0.2, 0.25) is 0 Å². The second-order valence-corrected chi connectivity index (χ2v) is 1.74. The summed E-state index contributed by atoms with van der Waals surface area (Å²) in [6.45, 7) is 2.73. The van der Waals surface area contributed by atoms with Gasteiger partial charge in [-0.1, -0.05) is 6.92 Å². The summed E-state index contributed by atoms with van der Waals surface area (Å²) in [6, 6.07) is 0. The van der Waals surface area contributed by atoms with Crippen molar-refractivity contribution >= 4 is 11.9 Å². The quantitative estimate of drug-likeness (QED) is 0.424. The molecule has 0 aromatic carbocycles. The number of rotatable bonds is 2. The molecule has 0 rings (SSSR count). The van der Waals surface area contributed by atoms with Crippen molar-refractivity contribution in [3.8, 4) is 0 Å². The zero-order valence-corrected chi connectivity index (χ0v) is 9.40. The monoisotopic (exact) mass is 186 g/mol. The summed E-state index contributed by atoms with van der Waals surface area (Å²) in [6.07, 6.45) is -1.12. The number of aliphatic hydroxyl groups excluding tert-OH is 1. The van der Waals surface area contributed by atoms with Crippen molar-refractivity contribution in [1.29, 1.82) is 0 Å². The van der Waals surface area contributed by atoms with Crippen molar-refractivity contribution in [3.05, 3.63) is 0 Å². The fourth-order valence-electron chi connectivity index (χ4n) is 0. The summed E-state index contributed by atoms with van der Waals surface area (Å²) in [7, 11) is 0. The van der Waals surface area contributed by atoms with Crippen LogP contribution in [0.5, 0.6) is 0 Å². The van der Waals surface area contributed by atoms with Crippen LogP contribution in [0.1, 0.15) is 20.3 Å². The van der Waals surface area contributed by atoms with Gasteiger partial charge in [-0.3, -0.25) is 0 Å². The number of aliphatic hydroxyl groups is 1. The average molecular weight is 186 g/mol. The molecular weight excluding hydrogens is 175 g/mol. The molecule has 12 heavy (non-hydrogen) atoms. The van der Waals surface area contributed by atoms with E-state index >= 15 is 0 Å². The van der Waals surface area contributed by atoms with Crippen LogP contribution >= 0.6 is 0 Å². The molecule has 5 nitrogen and oxygen atoms in total. The first kappa shape index (κ1) is 17.8. The summed E-state index contributed by atoms with van der Waals surface area (Å²) in [5.74, 6) is -2.18. The van der Waals surface area contributed by atoms with Gasteiger partial charge in [-0.2, -0.15) is 0 Å². The van der Waals surface area contributed by atoms with Crippen LogP contribution in [-0.4, -0.2) is 28.3 Å². The Morgan fingerprint density at radius 1 is 1.50 bits per heavy atom. The number of carboxylic acid groups (broad SMARTS) is 2. The van der Waals surface area contributed by atoms with Crippen molar-refractivity contribution in [2.24, 2.45) is 0 Å². The molecule has 0 aliphatic heterocycles. The number of carbonyl (C=O) groups is 2. The van der Waals surface area contributed by atoms with Crippen molar-refractivity contribution in [2.45, 2.75) is 26.4 Å². The van der Waals surface area contributed by atoms with Crippen LogP contribution in [0.4, 0.5) is 0 Å². The first-order chi connectivity index (χ1) is 4.91. The van der Waals surface area contributed by atoms with Crippen molar-refractivity contribution in [3.63, 3.8) is 0 Å². The van der Waals surface area contributed by atoms with Gasteiger partial charge in [0.25, 0.3) is 0 Å². The van der Waals surface area contributed by atoms with E-state index in [2.05, 4.69) is 0 Å². The summed E-state index contributed by atoms with van der Waals surface area (Å²) < 4.78 is 0. The molecule has 0 saturated heterocycles. The van der Waals surface area contributed by atoms with Crippen LogP contribution in [0.3, 0.4) is 0 Å². The van der Waals surface area contributed by atoms with Crippen molar-refractivity contribution in [1.82, 2.24) is 0 Å². The summed E-state index contributed by atoms with van der Waals surface area (Å²) in [5.41, 5.74) is 0. The van der Waals surface area contributed by atoms with Gasteiger partial charge in [0.2, 0.25) is 0 Å². The fourth-order valence-corrected chi connectivity index (χ4v) is 0. The minimum absolute atomic E-state index is 0. The Kier molecular flexibility index (Phi) is 16.2. The Balaban J connectivity index is -0.000000126. The molecule has 6 heteroatoms. The molecule has 1 atom stereocenters. The Hall–Kier alpha value is -0.100. The second kappa shape index (κ2) is 10.9. The molecule has 0 aliphatic rings. The van der Waals surface area contributed by atoms with Gasteiger partial charge >= 0.3 is 35.5 Å². The molecule has 66 valence electrons. The molecule has 0 saturated carbocycles. The van der Waals surface area contributed by atoms with E-state index in [0.717, 1.165) is 0 Å². The molecule has 0 aliphatic carbocycles. The maximum atomic E-state index is 9.45. The molecular formula is C6H11NaO5. The van der Waals surface area contributed by atoms with E-state index in [0.29, 0.717) is 0 Å². The third-order valence-corrected chi connectivity index (χ3v) is 0.646. The molecule has 0 aromatic heterocycles. The molecule has 0 amide bonds. The topological polar surface area (TPSA) is 97.7 Å². The number of hydrogen-bond donors (Lipinski definition) is 2. The molecule has 0 fully saturated rings. The average Bonchev–Trinajstić information content (AvgIpc) is 1.89. The molecule has 1 unspecified atom stereocenters. The van der Waals surface area contributed by atoms with Gasteiger partial charge in [0.1, 0.15) is 6.10 Å². The summed E-state index contributed by atoms with van der Waals surface area (Å²) in [5, 5.41) is 25.0. The number of aliphatic carboxylic acids is 2. The normalized spacial score (nSPS) is 9.92. The zero-order valence-electron chi connectivity index (χ0n) is 7.40. The van der Waals surface area contributed by atoms with E-state index in [1.807, 2.05) is 0 Å². The number of hydrogen-bond acceptors (Lipinski definition) is 4. The van der Waals surface area contributed by atoms with E-state index < -0.39 is 18.0 Å². The Morgan fingerprint density at radius 2 is 1.67 bits per heavy atom. The van der Waals surface area contributed by atoms with Crippen molar-refractivity contribution < 1.29 is 54.5 Å². The van der Waals surface area contributed by atoms with Gasteiger partial charge in [-0.15, -0.1) is 0 Å². The van der Waals surface area contributed by atoms with Gasteiger partial charge in [0, 0.05) is 5.97 Å². The van der Waals surface area contributed by atoms with E-state index in [-0.39, 0.29) is 36.0 Å². The van der Waals surface area contributed by atoms with E-state index in [1.54, 1.807) is 0 Å². The Morgan fingerprint density at radius 3 is 1.67 bits per heavy atom. The molecule has 0 radical (unpaired) electrons. The predicted octanol–water partition coefficient (Wildman–Crippen LogP) is -4.40. The van der Waals surface area contributed by atoms with Crippen LogP contribution in [0.25, 0.3) is 0 Å². The van der Waals surface area contributed by atoms with Crippen LogP contribution < -0.4 is 34.7 Å². The van der Waals surface area contributed by atoms with Crippen LogP contribution in [-0.2, 0) is 9.59 Å². The van der Waals surface area contributed by atoms with E-state index in [4.69, 9.17) is 10.2 Å². The Labute approximate surface area is 92.7 Å². The van der Waals surface area contributed by atoms with Crippen molar-refractivity contribution in [2.75, 3.05) is 0 Å². The zero-order chi connectivity index (χ0) is 9.44. The molecule has 0 spiro atoms. The van der Waals surface area contributed by atoms with E-state index in [1.165, 1.54) is 13.8 Å². The minimum atomic E-state index is -1.23. The second-order valence-electron chi connectivity index (χ2n) is 1.74. The van der Waals surface area contributed by atoms with Gasteiger partial charge in [-0.25, -0.2) is 4.79 Å². The molecule has 0 aromatic rings. The van der Waals surface area contributed by atoms with Gasteiger partial charge < -0.3 is 20.1 Å². The maximum absolute atomic E-state index is 9.45. The van der Waals surface area contributed by atoms with Gasteiger partial charge in [0.15, 0.2) is 0 Å². The smallest absolute Gasteiger partial charge is 0.550 e. The minimum Gasteiger partial charge on any atom is -0.550 e. The molecule has 0 heterocycles. The Bertz CT molecular complexity index is 134. The maximum Gasteiger partial charge on any atom is 1.00 e. The van der Waals surface area contributed by atoms with Gasteiger partial charge in [0.05, 0.1) is 0 Å². The first-order valence-electron chi connectivity index (χ1n) is 3.02. The van der Waals surface area contributed by atoms with Gasteiger partial charge in [-0.05, 0) is 13.3 Å². The molecule has 0 bridgehead atoms. The standard InChI is InChI=1S/C3H6O3.C3H6O2.Na/c1-2(4)3(5)6;1-2-3(4)5;/h2,4H,1H3,(H,5,6);2H2,1H3,(H,4,5);/q;;+1/p-1. The SMILES string of the molecule is CC(O)C(=O)O.CCC(=O)[O-].[Na+]. The summed E-state index contributed by atoms with van der Waals surface area (Å²) >= 11 is 0. The van der Waals surface area contributed by atoms with Crippen LogP contribution in [0.15, 0.2) is 0 Å².